The summed E-state index contributed by atoms with van der Waals surface area (Å²) in [7, 11) is 1.60. The summed E-state index contributed by atoms with van der Waals surface area (Å²) in [5.41, 5.74) is 0.909. The second-order valence-electron chi connectivity index (χ2n) is 4.82. The maximum absolute atomic E-state index is 11.3. The molecule has 0 saturated heterocycles. The highest BCUT2D eigenvalue weighted by Crippen LogP contribution is 2.36. The van der Waals surface area contributed by atoms with Crippen LogP contribution in [0.25, 0.3) is 0 Å². The molecule has 0 saturated carbocycles. The Kier molecular flexibility index (Phi) is 4.32. The highest BCUT2D eigenvalue weighted by atomic mass is 35.5. The third-order valence-electron chi connectivity index (χ3n) is 3.55. The Morgan fingerprint density at radius 3 is 3.05 bits per heavy atom. The SMILES string of the molecule is COc1ccc2c(c1)C(O)(CNC(=O)CCl)CCC2. The number of aliphatic hydroxyl groups is 1. The third kappa shape index (κ3) is 3.01. The van der Waals surface area contributed by atoms with E-state index in [1.165, 1.54) is 0 Å². The molecule has 1 unspecified atom stereocenters. The molecule has 0 spiro atoms. The van der Waals surface area contributed by atoms with Crippen LogP contribution in [-0.2, 0) is 16.8 Å². The Hall–Kier alpha value is -1.26. The molecule has 2 N–H and O–H groups in total. The lowest BCUT2D eigenvalue weighted by molar-refractivity contribution is -0.120. The van der Waals surface area contributed by atoms with E-state index in [2.05, 4.69) is 5.32 Å². The number of halogens is 1. The van der Waals surface area contributed by atoms with Gasteiger partial charge in [0.25, 0.3) is 0 Å². The molecule has 2 rings (SSSR count). The first-order valence-corrected chi connectivity index (χ1v) is 6.85. The zero-order valence-corrected chi connectivity index (χ0v) is 11.7. The Bertz CT molecular complexity index is 478. The molecular formula is C14H18ClNO3. The van der Waals surface area contributed by atoms with Gasteiger partial charge in [-0.2, -0.15) is 0 Å². The van der Waals surface area contributed by atoms with Crippen LogP contribution in [0.15, 0.2) is 18.2 Å². The van der Waals surface area contributed by atoms with Crippen LogP contribution in [-0.4, -0.2) is 30.5 Å². The fraction of sp³-hybridized carbons (Fsp3) is 0.500. The molecule has 4 nitrogen and oxygen atoms in total. The van der Waals surface area contributed by atoms with Gasteiger partial charge in [-0.25, -0.2) is 0 Å². The number of alkyl halides is 1. The predicted molar refractivity (Wildman–Crippen MR) is 73.6 cm³/mol. The molecule has 1 aromatic carbocycles. The molecule has 104 valence electrons. The van der Waals surface area contributed by atoms with E-state index in [-0.39, 0.29) is 18.3 Å². The molecule has 0 radical (unpaired) electrons. The van der Waals surface area contributed by atoms with Gasteiger partial charge >= 0.3 is 0 Å². The minimum absolute atomic E-state index is 0.0962. The van der Waals surface area contributed by atoms with E-state index in [1.54, 1.807) is 7.11 Å². The van der Waals surface area contributed by atoms with Crippen molar-refractivity contribution in [3.63, 3.8) is 0 Å². The summed E-state index contributed by atoms with van der Waals surface area (Å²) in [6.07, 6.45) is 2.45. The quantitative estimate of drug-likeness (QED) is 0.825. The zero-order valence-electron chi connectivity index (χ0n) is 10.9. The molecule has 1 aromatic rings. The maximum Gasteiger partial charge on any atom is 0.235 e. The van der Waals surface area contributed by atoms with E-state index in [4.69, 9.17) is 16.3 Å². The van der Waals surface area contributed by atoms with E-state index in [9.17, 15) is 9.90 Å². The Morgan fingerprint density at radius 2 is 2.37 bits per heavy atom. The maximum atomic E-state index is 11.3. The van der Waals surface area contributed by atoms with E-state index < -0.39 is 5.60 Å². The van der Waals surface area contributed by atoms with Crippen molar-refractivity contribution in [1.82, 2.24) is 5.32 Å². The minimum Gasteiger partial charge on any atom is -0.497 e. The minimum atomic E-state index is -1.04. The molecule has 0 bridgehead atoms. The number of carbonyl (C=O) groups is 1. The van der Waals surface area contributed by atoms with E-state index in [0.29, 0.717) is 12.2 Å². The topological polar surface area (TPSA) is 58.6 Å². The largest absolute Gasteiger partial charge is 0.497 e. The Labute approximate surface area is 117 Å². The van der Waals surface area contributed by atoms with Gasteiger partial charge in [-0.05, 0) is 42.5 Å². The molecule has 1 amide bonds. The molecule has 19 heavy (non-hydrogen) atoms. The second kappa shape index (κ2) is 5.80. The van der Waals surface area contributed by atoms with Crippen molar-refractivity contribution in [2.75, 3.05) is 19.5 Å². The number of nitrogens with one attached hydrogen (secondary N) is 1. The molecule has 0 aliphatic heterocycles. The van der Waals surface area contributed by atoms with Crippen LogP contribution < -0.4 is 10.1 Å². The van der Waals surface area contributed by atoms with Gasteiger partial charge in [-0.15, -0.1) is 11.6 Å². The summed E-state index contributed by atoms with van der Waals surface area (Å²) >= 11 is 5.45. The number of methoxy groups -OCH3 is 1. The lowest BCUT2D eigenvalue weighted by Gasteiger charge is -2.34. The van der Waals surface area contributed by atoms with Crippen molar-refractivity contribution >= 4 is 17.5 Å². The van der Waals surface area contributed by atoms with Crippen LogP contribution in [0.4, 0.5) is 0 Å². The molecule has 1 aliphatic carbocycles. The summed E-state index contributed by atoms with van der Waals surface area (Å²) in [6, 6.07) is 5.71. The highest BCUT2D eigenvalue weighted by molar-refractivity contribution is 6.27. The van der Waals surface area contributed by atoms with Crippen LogP contribution in [0.1, 0.15) is 24.0 Å². The summed E-state index contributed by atoms with van der Waals surface area (Å²) in [6.45, 7) is 0.179. The fourth-order valence-electron chi connectivity index (χ4n) is 2.52. The van der Waals surface area contributed by atoms with Gasteiger partial charge < -0.3 is 15.2 Å². The number of rotatable bonds is 4. The number of fused-ring (bicyclic) bond motifs is 1. The van der Waals surface area contributed by atoms with Crippen molar-refractivity contribution in [2.24, 2.45) is 0 Å². The number of aryl methyl sites for hydroxylation is 1. The number of hydrogen-bond donors (Lipinski definition) is 2. The van der Waals surface area contributed by atoms with Crippen molar-refractivity contribution in [1.29, 1.82) is 0 Å². The van der Waals surface area contributed by atoms with Crippen molar-refractivity contribution in [3.05, 3.63) is 29.3 Å². The molecular weight excluding hydrogens is 266 g/mol. The highest BCUT2D eigenvalue weighted by Gasteiger charge is 2.34. The number of amides is 1. The monoisotopic (exact) mass is 283 g/mol. The average Bonchev–Trinajstić information content (AvgIpc) is 2.45. The normalized spacial score (nSPS) is 21.6. The van der Waals surface area contributed by atoms with Gasteiger partial charge in [-0.3, -0.25) is 4.79 Å². The molecule has 0 aromatic heterocycles. The van der Waals surface area contributed by atoms with Crippen molar-refractivity contribution in [2.45, 2.75) is 24.9 Å². The van der Waals surface area contributed by atoms with Gasteiger partial charge in [0.2, 0.25) is 5.91 Å². The molecule has 0 fully saturated rings. The first-order chi connectivity index (χ1) is 9.09. The van der Waals surface area contributed by atoms with Crippen LogP contribution in [0, 0.1) is 0 Å². The van der Waals surface area contributed by atoms with E-state index >= 15 is 0 Å². The summed E-state index contributed by atoms with van der Waals surface area (Å²) in [4.78, 5) is 11.3. The first-order valence-electron chi connectivity index (χ1n) is 6.31. The Balaban J connectivity index is 2.26. The summed E-state index contributed by atoms with van der Waals surface area (Å²) in [5.74, 6) is 0.342. The van der Waals surface area contributed by atoms with Gasteiger partial charge in [-0.1, -0.05) is 6.07 Å². The molecule has 5 heteroatoms. The third-order valence-corrected chi connectivity index (χ3v) is 3.80. The molecule has 1 atom stereocenters. The van der Waals surface area contributed by atoms with Gasteiger partial charge in [0, 0.05) is 0 Å². The number of hydrogen-bond acceptors (Lipinski definition) is 3. The smallest absolute Gasteiger partial charge is 0.235 e. The zero-order chi connectivity index (χ0) is 13.9. The number of ether oxygens (including phenoxy) is 1. The van der Waals surface area contributed by atoms with Crippen molar-refractivity contribution in [3.8, 4) is 5.75 Å². The van der Waals surface area contributed by atoms with Gasteiger partial charge in [0.1, 0.15) is 17.2 Å². The van der Waals surface area contributed by atoms with Crippen LogP contribution >= 0.6 is 11.6 Å². The van der Waals surface area contributed by atoms with Gasteiger partial charge in [0.05, 0.1) is 13.7 Å². The van der Waals surface area contributed by atoms with Crippen LogP contribution in [0.5, 0.6) is 5.75 Å². The molecule has 0 heterocycles. The number of benzene rings is 1. The Morgan fingerprint density at radius 1 is 1.58 bits per heavy atom. The number of carbonyl (C=O) groups excluding carboxylic acids is 1. The second-order valence-corrected chi connectivity index (χ2v) is 5.09. The predicted octanol–water partition coefficient (Wildman–Crippen LogP) is 1.57. The summed E-state index contributed by atoms with van der Waals surface area (Å²) < 4.78 is 5.20. The van der Waals surface area contributed by atoms with E-state index in [0.717, 1.165) is 24.0 Å². The lowest BCUT2D eigenvalue weighted by Crippen LogP contribution is -2.43. The lowest BCUT2D eigenvalue weighted by atomic mass is 9.79. The van der Waals surface area contributed by atoms with Crippen molar-refractivity contribution < 1.29 is 14.6 Å². The van der Waals surface area contributed by atoms with E-state index in [1.807, 2.05) is 18.2 Å². The summed E-state index contributed by atoms with van der Waals surface area (Å²) in [5, 5.41) is 13.4. The van der Waals surface area contributed by atoms with Crippen LogP contribution in [0.2, 0.25) is 0 Å². The molecule has 1 aliphatic rings. The average molecular weight is 284 g/mol. The standard InChI is InChI=1S/C14H18ClNO3/c1-19-11-5-4-10-3-2-6-14(18,12(10)7-11)9-16-13(17)8-15/h4-5,7,18H,2-3,6,8-9H2,1H3,(H,16,17). The first kappa shape index (κ1) is 14.2. The van der Waals surface area contributed by atoms with Crippen LogP contribution in [0.3, 0.4) is 0 Å². The fourth-order valence-corrected chi connectivity index (χ4v) is 2.61. The van der Waals surface area contributed by atoms with Gasteiger partial charge in [0.15, 0.2) is 0 Å².